The van der Waals surface area contributed by atoms with E-state index in [1.165, 1.54) is 12.3 Å². The minimum Gasteiger partial charge on any atom is -0.402 e. The van der Waals surface area contributed by atoms with Crippen molar-refractivity contribution in [2.24, 2.45) is 5.73 Å². The number of urea groups is 1. The summed E-state index contributed by atoms with van der Waals surface area (Å²) < 4.78 is 13.1. The Labute approximate surface area is 116 Å². The van der Waals surface area contributed by atoms with E-state index in [0.29, 0.717) is 13.1 Å². The number of hydrogen-bond acceptors (Lipinski definition) is 3. The summed E-state index contributed by atoms with van der Waals surface area (Å²) in [6, 6.07) is 1.24. The zero-order chi connectivity index (χ0) is 14.1. The quantitative estimate of drug-likeness (QED) is 0.819. The number of fused-ring (bicyclic) bond motifs is 1. The summed E-state index contributed by atoms with van der Waals surface area (Å²) in [5, 5.41) is 2.86. The van der Waals surface area contributed by atoms with Crippen molar-refractivity contribution in [1.29, 1.82) is 0 Å². The molecule has 1 aromatic rings. The molecule has 20 heavy (non-hydrogen) atoms. The second-order valence-electron chi connectivity index (χ2n) is 4.98. The molecular formula is C14H15FN4O. The van der Waals surface area contributed by atoms with Gasteiger partial charge in [0.1, 0.15) is 5.82 Å². The van der Waals surface area contributed by atoms with Crippen molar-refractivity contribution in [2.75, 3.05) is 0 Å². The molecule has 0 aromatic carbocycles. The number of nitrogens with two attached hydrogens (primary N) is 1. The van der Waals surface area contributed by atoms with Gasteiger partial charge >= 0.3 is 6.03 Å². The largest absolute Gasteiger partial charge is 0.402 e. The van der Waals surface area contributed by atoms with Gasteiger partial charge in [-0.05, 0) is 36.6 Å². The van der Waals surface area contributed by atoms with Crippen molar-refractivity contribution in [2.45, 2.75) is 25.9 Å². The van der Waals surface area contributed by atoms with Gasteiger partial charge in [-0.2, -0.15) is 0 Å². The first-order valence-electron chi connectivity index (χ1n) is 6.46. The van der Waals surface area contributed by atoms with E-state index in [2.05, 4.69) is 10.3 Å². The molecule has 3 N–H and O–H groups in total. The molecule has 2 aliphatic rings. The Morgan fingerprint density at radius 1 is 1.35 bits per heavy atom. The molecule has 0 fully saturated rings. The molecule has 6 heteroatoms. The van der Waals surface area contributed by atoms with Crippen LogP contribution in [0.25, 0.3) is 0 Å². The maximum atomic E-state index is 13.1. The Morgan fingerprint density at radius 3 is 2.95 bits per heavy atom. The molecule has 0 bridgehead atoms. The Kier molecular flexibility index (Phi) is 3.14. The number of pyridine rings is 1. The van der Waals surface area contributed by atoms with Crippen LogP contribution in [-0.2, 0) is 13.1 Å². The van der Waals surface area contributed by atoms with Crippen molar-refractivity contribution in [3.8, 4) is 0 Å². The van der Waals surface area contributed by atoms with Crippen LogP contribution in [0.4, 0.5) is 9.18 Å². The van der Waals surface area contributed by atoms with E-state index in [9.17, 15) is 9.18 Å². The molecule has 0 unspecified atom stereocenters. The maximum Gasteiger partial charge on any atom is 0.322 e. The number of halogens is 1. The van der Waals surface area contributed by atoms with Crippen LogP contribution in [0.15, 0.2) is 35.8 Å². The number of allylic oxidation sites excluding steroid dienone is 4. The molecule has 0 atom stereocenters. The fraction of sp³-hybridized carbons (Fsp3) is 0.286. The summed E-state index contributed by atoms with van der Waals surface area (Å²) in [4.78, 5) is 17.8. The number of nitrogens with one attached hydrogen (secondary N) is 1. The molecule has 0 radical (unpaired) electrons. The number of carbonyl (C=O) groups excluding carboxylic acids is 1. The van der Waals surface area contributed by atoms with E-state index in [1.54, 1.807) is 11.0 Å². The van der Waals surface area contributed by atoms with Crippen LogP contribution < -0.4 is 11.1 Å². The molecule has 2 amide bonds. The summed E-state index contributed by atoms with van der Waals surface area (Å²) in [7, 11) is 0. The molecule has 0 saturated carbocycles. The van der Waals surface area contributed by atoms with Crippen molar-refractivity contribution in [3.63, 3.8) is 0 Å². The second-order valence-corrected chi connectivity index (χ2v) is 4.98. The van der Waals surface area contributed by atoms with Gasteiger partial charge < -0.3 is 16.0 Å². The van der Waals surface area contributed by atoms with E-state index in [1.807, 2.05) is 6.08 Å². The number of nitrogens with zero attached hydrogens (tertiary/aromatic N) is 2. The van der Waals surface area contributed by atoms with Crippen molar-refractivity contribution in [3.05, 3.63) is 52.9 Å². The average molecular weight is 274 g/mol. The number of amides is 2. The Morgan fingerprint density at radius 2 is 2.20 bits per heavy atom. The highest BCUT2D eigenvalue weighted by Gasteiger charge is 2.25. The zero-order valence-electron chi connectivity index (χ0n) is 10.9. The summed E-state index contributed by atoms with van der Waals surface area (Å²) in [6.45, 7) is 0.796. The highest BCUT2D eigenvalue weighted by molar-refractivity contribution is 5.77. The second kappa shape index (κ2) is 4.96. The highest BCUT2D eigenvalue weighted by atomic mass is 19.1. The van der Waals surface area contributed by atoms with Gasteiger partial charge in [0.05, 0.1) is 18.4 Å². The lowest BCUT2D eigenvalue weighted by Gasteiger charge is -2.19. The SMILES string of the molecule is NC1=CC=C(NC(=O)N2Cc3cc(F)cnc3C2)CC1. The van der Waals surface area contributed by atoms with Crippen LogP contribution in [-0.4, -0.2) is 15.9 Å². The van der Waals surface area contributed by atoms with Crippen molar-refractivity contribution in [1.82, 2.24) is 15.2 Å². The minimum atomic E-state index is -0.374. The molecule has 5 nitrogen and oxygen atoms in total. The molecule has 1 aromatic heterocycles. The van der Waals surface area contributed by atoms with Crippen LogP contribution in [0.3, 0.4) is 0 Å². The lowest BCUT2D eigenvalue weighted by Crippen LogP contribution is -2.36. The third-order valence-corrected chi connectivity index (χ3v) is 3.46. The van der Waals surface area contributed by atoms with E-state index < -0.39 is 0 Å². The summed E-state index contributed by atoms with van der Waals surface area (Å²) >= 11 is 0. The zero-order valence-corrected chi connectivity index (χ0v) is 10.9. The first kappa shape index (κ1) is 12.7. The lowest BCUT2D eigenvalue weighted by molar-refractivity contribution is 0.200. The van der Waals surface area contributed by atoms with Gasteiger partial charge in [0.25, 0.3) is 0 Å². The van der Waals surface area contributed by atoms with Crippen LogP contribution >= 0.6 is 0 Å². The topological polar surface area (TPSA) is 71.2 Å². The van der Waals surface area contributed by atoms with Gasteiger partial charge in [-0.3, -0.25) is 4.98 Å². The number of hydrogen-bond donors (Lipinski definition) is 2. The van der Waals surface area contributed by atoms with E-state index >= 15 is 0 Å². The maximum absolute atomic E-state index is 13.1. The number of aromatic nitrogens is 1. The summed E-state index contributed by atoms with van der Waals surface area (Å²) in [6.07, 6.45) is 6.27. The monoisotopic (exact) mass is 274 g/mol. The Balaban J connectivity index is 1.66. The van der Waals surface area contributed by atoms with Crippen LogP contribution in [0.2, 0.25) is 0 Å². The van der Waals surface area contributed by atoms with Crippen LogP contribution in [0.5, 0.6) is 0 Å². The van der Waals surface area contributed by atoms with Gasteiger partial charge in [0.2, 0.25) is 0 Å². The Bertz CT molecular complexity index is 624. The predicted molar refractivity (Wildman–Crippen MR) is 71.6 cm³/mol. The number of rotatable bonds is 1. The molecule has 104 valence electrons. The standard InChI is InChI=1S/C14H15FN4O/c15-10-5-9-7-19(8-13(9)17-6-10)14(20)18-12-3-1-11(16)2-4-12/h1,3,5-6H,2,4,7-8,16H2,(H,18,20). The molecular weight excluding hydrogens is 259 g/mol. The fourth-order valence-corrected chi connectivity index (χ4v) is 2.35. The van der Waals surface area contributed by atoms with E-state index in [0.717, 1.165) is 35.5 Å². The van der Waals surface area contributed by atoms with Gasteiger partial charge in [-0.25, -0.2) is 9.18 Å². The summed E-state index contributed by atoms with van der Waals surface area (Å²) in [5.74, 6) is -0.374. The van der Waals surface area contributed by atoms with E-state index in [-0.39, 0.29) is 11.8 Å². The number of carbonyl (C=O) groups is 1. The molecule has 0 saturated heterocycles. The Hall–Kier alpha value is -2.37. The van der Waals surface area contributed by atoms with Crippen molar-refractivity contribution >= 4 is 6.03 Å². The van der Waals surface area contributed by atoms with E-state index in [4.69, 9.17) is 5.73 Å². The molecule has 0 spiro atoms. The van der Waals surface area contributed by atoms with Crippen LogP contribution in [0, 0.1) is 5.82 Å². The van der Waals surface area contributed by atoms with Gasteiger partial charge in [-0.15, -0.1) is 0 Å². The van der Waals surface area contributed by atoms with Gasteiger partial charge in [-0.1, -0.05) is 0 Å². The van der Waals surface area contributed by atoms with Gasteiger partial charge in [0, 0.05) is 17.9 Å². The summed E-state index contributed by atoms with van der Waals surface area (Å²) in [5.41, 5.74) is 8.85. The lowest BCUT2D eigenvalue weighted by atomic mass is 10.1. The van der Waals surface area contributed by atoms with Crippen molar-refractivity contribution < 1.29 is 9.18 Å². The van der Waals surface area contributed by atoms with Crippen LogP contribution in [0.1, 0.15) is 24.1 Å². The fourth-order valence-electron chi connectivity index (χ4n) is 2.35. The molecule has 1 aliphatic heterocycles. The normalized spacial score (nSPS) is 17.4. The predicted octanol–water partition coefficient (Wildman–Crippen LogP) is 1.77. The highest BCUT2D eigenvalue weighted by Crippen LogP contribution is 2.22. The molecule has 2 heterocycles. The van der Waals surface area contributed by atoms with Gasteiger partial charge in [0.15, 0.2) is 0 Å². The third-order valence-electron chi connectivity index (χ3n) is 3.46. The minimum absolute atomic E-state index is 0.191. The third kappa shape index (κ3) is 2.49. The average Bonchev–Trinajstić information content (AvgIpc) is 2.84. The first-order chi connectivity index (χ1) is 9.61. The molecule has 3 rings (SSSR count). The smallest absolute Gasteiger partial charge is 0.322 e. The molecule has 1 aliphatic carbocycles. The first-order valence-corrected chi connectivity index (χ1v) is 6.46.